The van der Waals surface area contributed by atoms with E-state index in [1.54, 1.807) is 17.0 Å². The highest BCUT2D eigenvalue weighted by Crippen LogP contribution is 2.39. The number of imidazole rings is 2. The van der Waals surface area contributed by atoms with Gasteiger partial charge in [-0.05, 0) is 37.0 Å². The summed E-state index contributed by atoms with van der Waals surface area (Å²) in [5, 5.41) is 0.864. The van der Waals surface area contributed by atoms with E-state index in [9.17, 15) is 13.6 Å². The lowest BCUT2D eigenvalue weighted by Gasteiger charge is -2.29. The maximum atomic E-state index is 15.1. The SMILES string of the molecule is Cn1c(-c2cc3cccc(OC(F)Cn4cnc(F)c4)c3n2CC2CC2)nc2cc3c(nc21)CCN(C[C@H](N)CF)C3=O. The molecule has 4 aromatic heterocycles. The second-order valence-electron chi connectivity index (χ2n) is 11.4. The molecule has 1 unspecified atom stereocenters. The van der Waals surface area contributed by atoms with Crippen LogP contribution in [-0.2, 0) is 26.6 Å². The fourth-order valence-electron chi connectivity index (χ4n) is 5.86. The Labute approximate surface area is 244 Å². The monoisotopic (exact) mass is 592 g/mol. The van der Waals surface area contributed by atoms with Gasteiger partial charge in [0.05, 0.1) is 47.6 Å². The van der Waals surface area contributed by atoms with Crippen LogP contribution in [0.25, 0.3) is 33.6 Å². The molecule has 13 heteroatoms. The second kappa shape index (κ2) is 10.7. The van der Waals surface area contributed by atoms with Gasteiger partial charge in [0.15, 0.2) is 11.5 Å². The van der Waals surface area contributed by atoms with Gasteiger partial charge < -0.3 is 29.1 Å². The summed E-state index contributed by atoms with van der Waals surface area (Å²) < 4.78 is 52.5. The van der Waals surface area contributed by atoms with Crippen LogP contribution < -0.4 is 10.5 Å². The molecule has 2 atom stereocenters. The van der Waals surface area contributed by atoms with Crippen LogP contribution in [0.4, 0.5) is 13.2 Å². The number of nitrogens with zero attached hydrogens (tertiary/aromatic N) is 7. The van der Waals surface area contributed by atoms with Crippen LogP contribution in [-0.4, -0.2) is 71.6 Å². The summed E-state index contributed by atoms with van der Waals surface area (Å²) in [6, 6.07) is 8.52. The van der Waals surface area contributed by atoms with E-state index in [4.69, 9.17) is 20.4 Å². The normalized spacial score (nSPS) is 16.7. The first-order valence-electron chi connectivity index (χ1n) is 14.4. The molecule has 0 bridgehead atoms. The number of alkyl halides is 2. The van der Waals surface area contributed by atoms with Gasteiger partial charge >= 0.3 is 0 Å². The Morgan fingerprint density at radius 1 is 1.19 bits per heavy atom. The minimum Gasteiger partial charge on any atom is -0.456 e. The van der Waals surface area contributed by atoms with Gasteiger partial charge in [0.1, 0.15) is 17.9 Å². The number of para-hydroxylation sites is 1. The van der Waals surface area contributed by atoms with Crippen molar-refractivity contribution in [1.82, 2.24) is 33.6 Å². The van der Waals surface area contributed by atoms with Crippen LogP contribution in [0, 0.1) is 11.9 Å². The number of carbonyl (C=O) groups excluding carboxylic acids is 1. The lowest BCUT2D eigenvalue weighted by atomic mass is 10.0. The van der Waals surface area contributed by atoms with Crippen LogP contribution in [0.5, 0.6) is 5.75 Å². The van der Waals surface area contributed by atoms with Gasteiger partial charge in [-0.15, -0.1) is 0 Å². The summed E-state index contributed by atoms with van der Waals surface area (Å²) in [4.78, 5) is 28.0. The third-order valence-corrected chi connectivity index (χ3v) is 8.17. The molecule has 1 aliphatic carbocycles. The third-order valence-electron chi connectivity index (χ3n) is 8.17. The molecule has 5 heterocycles. The number of pyridine rings is 1. The van der Waals surface area contributed by atoms with Crippen LogP contribution in [0.2, 0.25) is 0 Å². The Kier molecular flexibility index (Phi) is 6.83. The fraction of sp³-hybridized carbons (Fsp3) is 0.400. The summed E-state index contributed by atoms with van der Waals surface area (Å²) >= 11 is 0. The smallest absolute Gasteiger partial charge is 0.256 e. The standard InChI is InChI=1S/C30H31F3N8O2/c1-38-28-22(10-20-21(36-28)7-8-40(30(20)42)13-19(34)11-31)37-29(38)23-9-18-3-2-4-24(27(18)41(23)12-17-5-6-17)43-26(33)15-39-14-25(32)35-16-39/h2-4,9-10,14,16-17,19,26H,5-8,11-13,15,34H2,1H3/t19-,26?/m1/s1. The quantitative estimate of drug-likeness (QED) is 0.263. The first-order valence-corrected chi connectivity index (χ1v) is 14.4. The average molecular weight is 593 g/mol. The van der Waals surface area contributed by atoms with Crippen molar-refractivity contribution in [2.24, 2.45) is 18.7 Å². The second-order valence-corrected chi connectivity index (χ2v) is 11.4. The van der Waals surface area contributed by atoms with E-state index in [2.05, 4.69) is 9.55 Å². The number of rotatable bonds is 10. The van der Waals surface area contributed by atoms with Crippen molar-refractivity contribution in [3.05, 3.63) is 60.1 Å². The number of aryl methyl sites for hydroxylation is 1. The lowest BCUT2D eigenvalue weighted by Crippen LogP contribution is -2.45. The van der Waals surface area contributed by atoms with Crippen molar-refractivity contribution in [2.75, 3.05) is 19.8 Å². The number of aromatic nitrogens is 6. The van der Waals surface area contributed by atoms with E-state index >= 15 is 4.39 Å². The van der Waals surface area contributed by atoms with Gasteiger partial charge in [-0.3, -0.25) is 4.79 Å². The maximum absolute atomic E-state index is 15.1. The molecule has 1 saturated carbocycles. The van der Waals surface area contributed by atoms with Gasteiger partial charge in [0.25, 0.3) is 12.3 Å². The summed E-state index contributed by atoms with van der Waals surface area (Å²) in [6.07, 6.45) is 3.35. The minimum absolute atomic E-state index is 0.144. The number of hydrogen-bond acceptors (Lipinski definition) is 6. The number of carbonyl (C=O) groups is 1. The summed E-state index contributed by atoms with van der Waals surface area (Å²) in [5.74, 6) is 0.606. The molecule has 1 amide bonds. The molecule has 5 aromatic rings. The zero-order valence-electron chi connectivity index (χ0n) is 23.6. The van der Waals surface area contributed by atoms with Gasteiger partial charge in [-0.25, -0.2) is 19.3 Å². The predicted octanol–water partition coefficient (Wildman–Crippen LogP) is 4.01. The summed E-state index contributed by atoms with van der Waals surface area (Å²) in [6.45, 7) is 0.367. The van der Waals surface area contributed by atoms with Gasteiger partial charge in [-0.1, -0.05) is 12.1 Å². The van der Waals surface area contributed by atoms with E-state index in [1.807, 2.05) is 29.8 Å². The molecule has 1 aromatic carbocycles. The van der Waals surface area contributed by atoms with Gasteiger partial charge in [0.2, 0.25) is 5.95 Å². The number of halogens is 3. The molecule has 0 spiro atoms. The minimum atomic E-state index is -1.73. The van der Waals surface area contributed by atoms with Crippen molar-refractivity contribution in [3.8, 4) is 17.3 Å². The molecule has 43 heavy (non-hydrogen) atoms. The maximum Gasteiger partial charge on any atom is 0.256 e. The molecule has 0 radical (unpaired) electrons. The van der Waals surface area contributed by atoms with E-state index in [0.717, 1.165) is 35.6 Å². The molecular weight excluding hydrogens is 561 g/mol. The average Bonchev–Trinajstić information content (AvgIpc) is 3.48. The van der Waals surface area contributed by atoms with Gasteiger partial charge in [-0.2, -0.15) is 8.78 Å². The number of fused-ring (bicyclic) bond motifs is 3. The number of benzene rings is 1. The fourth-order valence-corrected chi connectivity index (χ4v) is 5.86. The van der Waals surface area contributed by atoms with Crippen molar-refractivity contribution >= 4 is 28.0 Å². The molecule has 224 valence electrons. The highest BCUT2D eigenvalue weighted by molar-refractivity contribution is 5.99. The third kappa shape index (κ3) is 5.11. The number of nitrogens with two attached hydrogens (primary N) is 1. The van der Waals surface area contributed by atoms with E-state index in [1.165, 1.54) is 10.9 Å². The summed E-state index contributed by atoms with van der Waals surface area (Å²) in [5.41, 5.74) is 9.69. The van der Waals surface area contributed by atoms with Crippen molar-refractivity contribution in [2.45, 2.75) is 44.8 Å². The van der Waals surface area contributed by atoms with Crippen LogP contribution in [0.1, 0.15) is 28.9 Å². The largest absolute Gasteiger partial charge is 0.456 e. The Morgan fingerprint density at radius 3 is 2.77 bits per heavy atom. The lowest BCUT2D eigenvalue weighted by molar-refractivity contribution is 0.0522. The van der Waals surface area contributed by atoms with E-state index < -0.39 is 25.0 Å². The van der Waals surface area contributed by atoms with Crippen LogP contribution >= 0.6 is 0 Å². The molecular formula is C30H31F3N8O2. The Morgan fingerprint density at radius 2 is 2.02 bits per heavy atom. The van der Waals surface area contributed by atoms with Crippen molar-refractivity contribution in [1.29, 1.82) is 0 Å². The molecule has 0 saturated heterocycles. The van der Waals surface area contributed by atoms with E-state index in [0.29, 0.717) is 59.4 Å². The highest BCUT2D eigenvalue weighted by Gasteiger charge is 2.30. The molecule has 2 aliphatic rings. The van der Waals surface area contributed by atoms with Crippen molar-refractivity contribution in [3.63, 3.8) is 0 Å². The number of ether oxygens (including phenoxy) is 1. The Balaban J connectivity index is 1.27. The first kappa shape index (κ1) is 27.4. The molecule has 10 nitrogen and oxygen atoms in total. The molecule has 1 aliphatic heterocycles. The summed E-state index contributed by atoms with van der Waals surface area (Å²) in [7, 11) is 1.89. The Bertz CT molecular complexity index is 1840. The topological polar surface area (TPSA) is 109 Å². The number of amides is 1. The highest BCUT2D eigenvalue weighted by atomic mass is 19.1. The van der Waals surface area contributed by atoms with Gasteiger partial charge in [0, 0.05) is 38.5 Å². The first-order chi connectivity index (χ1) is 20.8. The molecule has 7 rings (SSSR count). The molecule has 2 N–H and O–H groups in total. The zero-order valence-corrected chi connectivity index (χ0v) is 23.6. The van der Waals surface area contributed by atoms with E-state index in [-0.39, 0.29) is 19.0 Å². The van der Waals surface area contributed by atoms with Crippen molar-refractivity contribution < 1.29 is 22.7 Å². The predicted molar refractivity (Wildman–Crippen MR) is 153 cm³/mol. The molecule has 1 fully saturated rings. The van der Waals surface area contributed by atoms with Crippen LogP contribution in [0.15, 0.2) is 42.9 Å². The number of hydrogen-bond donors (Lipinski definition) is 1. The zero-order chi connectivity index (χ0) is 29.8. The van der Waals surface area contributed by atoms with Crippen LogP contribution in [0.3, 0.4) is 0 Å². The Hall–Kier alpha value is -4.39.